The minimum Gasteiger partial charge on any atom is -0.352 e. The molecule has 126 valence electrons. The largest absolute Gasteiger partial charge is 0.352 e. The first-order valence-corrected chi connectivity index (χ1v) is 9.38. The molecular weight excluding hydrogens is 354 g/mol. The third kappa shape index (κ3) is 1.96. The fourth-order valence-corrected chi connectivity index (χ4v) is 6.13. The van der Waals surface area contributed by atoms with Crippen molar-refractivity contribution >= 4 is 27.5 Å². The van der Waals surface area contributed by atoms with Crippen molar-refractivity contribution in [3.05, 3.63) is 28.8 Å². The number of benzene rings is 1. The third-order valence-corrected chi connectivity index (χ3v) is 7.39. The molecule has 1 aromatic carbocycles. The zero-order chi connectivity index (χ0) is 17.1. The molecule has 9 heteroatoms. The monoisotopic (exact) mass is 367 g/mol. The van der Waals surface area contributed by atoms with Gasteiger partial charge in [0.15, 0.2) is 5.72 Å². The number of rotatable bonds is 2. The van der Waals surface area contributed by atoms with Gasteiger partial charge < -0.3 is 9.64 Å². The van der Waals surface area contributed by atoms with Crippen molar-refractivity contribution in [2.75, 3.05) is 19.7 Å². The van der Waals surface area contributed by atoms with E-state index in [4.69, 9.17) is 21.6 Å². The average Bonchev–Trinajstić information content (AvgIpc) is 3.18. The van der Waals surface area contributed by atoms with E-state index in [1.165, 1.54) is 22.5 Å². The Labute approximate surface area is 144 Å². The van der Waals surface area contributed by atoms with Crippen LogP contribution in [0, 0.1) is 11.3 Å². The molecule has 0 saturated carbocycles. The van der Waals surface area contributed by atoms with Gasteiger partial charge in [-0.15, -0.1) is 0 Å². The van der Waals surface area contributed by atoms with Gasteiger partial charge in [-0.3, -0.25) is 4.79 Å². The molecule has 0 bridgehead atoms. The minimum atomic E-state index is -3.88. The van der Waals surface area contributed by atoms with Gasteiger partial charge in [-0.05, 0) is 18.2 Å². The number of ether oxygens (including phenoxy) is 1. The van der Waals surface area contributed by atoms with Gasteiger partial charge in [-0.2, -0.15) is 9.57 Å². The van der Waals surface area contributed by atoms with Gasteiger partial charge >= 0.3 is 0 Å². The van der Waals surface area contributed by atoms with Gasteiger partial charge in [-0.1, -0.05) is 11.6 Å². The molecule has 3 aliphatic rings. The molecule has 1 spiro atoms. The lowest BCUT2D eigenvalue weighted by atomic mass is 10.1. The molecule has 3 fully saturated rings. The zero-order valence-electron chi connectivity index (χ0n) is 12.6. The van der Waals surface area contributed by atoms with Gasteiger partial charge in [0.1, 0.15) is 4.90 Å². The number of hydrogen-bond acceptors (Lipinski definition) is 5. The molecule has 3 aliphatic heterocycles. The van der Waals surface area contributed by atoms with E-state index in [0.717, 1.165) is 0 Å². The first-order valence-electron chi connectivity index (χ1n) is 7.56. The number of halogens is 1. The van der Waals surface area contributed by atoms with Crippen LogP contribution in [0.1, 0.15) is 18.4 Å². The molecular formula is C15H14ClN3O4S. The van der Waals surface area contributed by atoms with Crippen LogP contribution in [0.25, 0.3) is 0 Å². The summed E-state index contributed by atoms with van der Waals surface area (Å²) in [4.78, 5) is 13.8. The highest BCUT2D eigenvalue weighted by molar-refractivity contribution is 7.89. The van der Waals surface area contributed by atoms with Gasteiger partial charge in [0, 0.05) is 25.9 Å². The fraction of sp³-hybridized carbons (Fsp3) is 0.467. The van der Waals surface area contributed by atoms with Crippen molar-refractivity contribution < 1.29 is 17.9 Å². The Kier molecular flexibility index (Phi) is 3.41. The molecule has 24 heavy (non-hydrogen) atoms. The maximum absolute atomic E-state index is 13.1. The summed E-state index contributed by atoms with van der Waals surface area (Å²) in [6.07, 6.45) is 0.573. The summed E-state index contributed by atoms with van der Waals surface area (Å²) in [6, 6.07) is 5.48. The standard InChI is InChI=1S/C15H14ClN3O4S/c16-11-7-10(9-17)1-2-12(11)24(21,22)19-4-3-15-13(19)8-14(20)18(15)5-6-23-15/h1-2,7,13H,3-6,8H2/t13-,15+/m1/s1. The van der Waals surface area contributed by atoms with Gasteiger partial charge in [-0.25, -0.2) is 8.42 Å². The normalized spacial score (nSPS) is 29.6. The SMILES string of the molecule is N#Cc1ccc(S(=O)(=O)N2CC[C@@]34OCCN3C(=O)C[C@@H]24)c(Cl)c1. The molecule has 0 aromatic heterocycles. The Bertz CT molecular complexity index is 881. The van der Waals surface area contributed by atoms with Crippen LogP contribution in [0.4, 0.5) is 0 Å². The molecule has 0 radical (unpaired) electrons. The highest BCUT2D eigenvalue weighted by Crippen LogP contribution is 2.47. The van der Waals surface area contributed by atoms with E-state index in [1.54, 1.807) is 4.90 Å². The Morgan fingerprint density at radius 2 is 2.17 bits per heavy atom. The lowest BCUT2D eigenvalue weighted by Gasteiger charge is -2.31. The van der Waals surface area contributed by atoms with E-state index in [9.17, 15) is 13.2 Å². The van der Waals surface area contributed by atoms with Crippen LogP contribution < -0.4 is 0 Å². The van der Waals surface area contributed by atoms with Crippen LogP contribution >= 0.6 is 11.6 Å². The van der Waals surface area contributed by atoms with Crippen LogP contribution in [0.3, 0.4) is 0 Å². The van der Waals surface area contributed by atoms with Crippen molar-refractivity contribution in [2.24, 2.45) is 0 Å². The summed E-state index contributed by atoms with van der Waals surface area (Å²) in [5.74, 6) is -0.0803. The van der Waals surface area contributed by atoms with Crippen LogP contribution in [-0.2, 0) is 19.6 Å². The van der Waals surface area contributed by atoms with E-state index in [2.05, 4.69) is 0 Å². The molecule has 1 aromatic rings. The fourth-order valence-electron chi connectivity index (χ4n) is 3.95. The van der Waals surface area contributed by atoms with Crippen LogP contribution in [0.5, 0.6) is 0 Å². The quantitative estimate of drug-likeness (QED) is 0.775. The Balaban J connectivity index is 1.74. The van der Waals surface area contributed by atoms with Crippen molar-refractivity contribution in [1.29, 1.82) is 5.26 Å². The third-order valence-electron chi connectivity index (χ3n) is 5.00. The van der Waals surface area contributed by atoms with Gasteiger partial charge in [0.25, 0.3) is 0 Å². The molecule has 4 rings (SSSR count). The van der Waals surface area contributed by atoms with E-state index >= 15 is 0 Å². The molecule has 7 nitrogen and oxygen atoms in total. The maximum atomic E-state index is 13.1. The molecule has 2 atom stereocenters. The topological polar surface area (TPSA) is 90.7 Å². The molecule has 0 unspecified atom stereocenters. The van der Waals surface area contributed by atoms with Gasteiger partial charge in [0.2, 0.25) is 15.9 Å². The first-order chi connectivity index (χ1) is 11.4. The van der Waals surface area contributed by atoms with E-state index in [1.807, 2.05) is 6.07 Å². The van der Waals surface area contributed by atoms with Crippen LogP contribution in [0.2, 0.25) is 5.02 Å². The van der Waals surface area contributed by atoms with Gasteiger partial charge in [0.05, 0.1) is 29.3 Å². The summed E-state index contributed by atoms with van der Waals surface area (Å²) in [7, 11) is -3.88. The van der Waals surface area contributed by atoms with E-state index in [0.29, 0.717) is 19.6 Å². The number of hydrogen-bond donors (Lipinski definition) is 0. The van der Waals surface area contributed by atoms with E-state index in [-0.39, 0.29) is 34.4 Å². The molecule has 1 amide bonds. The Hall–Kier alpha value is -1.66. The second-order valence-corrected chi connectivity index (χ2v) is 8.35. The second-order valence-electron chi connectivity index (χ2n) is 6.08. The van der Waals surface area contributed by atoms with Crippen LogP contribution in [0.15, 0.2) is 23.1 Å². The Morgan fingerprint density at radius 3 is 2.88 bits per heavy atom. The highest BCUT2D eigenvalue weighted by atomic mass is 35.5. The predicted octanol–water partition coefficient (Wildman–Crippen LogP) is 0.933. The van der Waals surface area contributed by atoms with Crippen molar-refractivity contribution in [2.45, 2.75) is 29.5 Å². The summed E-state index contributed by atoms with van der Waals surface area (Å²) < 4.78 is 33.3. The van der Waals surface area contributed by atoms with E-state index < -0.39 is 21.8 Å². The number of amides is 1. The summed E-state index contributed by atoms with van der Waals surface area (Å²) >= 11 is 6.09. The molecule has 0 N–H and O–H groups in total. The summed E-state index contributed by atoms with van der Waals surface area (Å²) in [5, 5.41) is 8.90. The highest BCUT2D eigenvalue weighted by Gasteiger charge is 2.64. The van der Waals surface area contributed by atoms with Crippen molar-refractivity contribution in [3.8, 4) is 6.07 Å². The number of sulfonamides is 1. The van der Waals surface area contributed by atoms with Crippen LogP contribution in [-0.4, -0.2) is 55.0 Å². The maximum Gasteiger partial charge on any atom is 0.244 e. The lowest BCUT2D eigenvalue weighted by molar-refractivity contribution is -0.136. The lowest BCUT2D eigenvalue weighted by Crippen LogP contribution is -2.48. The molecule has 3 heterocycles. The smallest absolute Gasteiger partial charge is 0.244 e. The number of nitriles is 1. The minimum absolute atomic E-state index is 0.00326. The van der Waals surface area contributed by atoms with Crippen molar-refractivity contribution in [3.63, 3.8) is 0 Å². The van der Waals surface area contributed by atoms with Crippen molar-refractivity contribution in [1.82, 2.24) is 9.21 Å². The predicted molar refractivity (Wildman–Crippen MR) is 83.5 cm³/mol. The summed E-state index contributed by atoms with van der Waals surface area (Å²) in [6.45, 7) is 1.20. The Morgan fingerprint density at radius 1 is 1.38 bits per heavy atom. The average molecular weight is 368 g/mol. The molecule has 3 saturated heterocycles. The number of carbonyl (C=O) groups excluding carboxylic acids is 1. The first kappa shape index (κ1) is 15.8. The number of carbonyl (C=O) groups is 1. The summed E-state index contributed by atoms with van der Waals surface area (Å²) in [5.41, 5.74) is -0.540. The number of nitrogens with zero attached hydrogens (tertiary/aromatic N) is 3. The second kappa shape index (κ2) is 5.17. The molecule has 0 aliphatic carbocycles. The zero-order valence-corrected chi connectivity index (χ0v) is 14.2.